The molecule has 6 heteroatoms. The van der Waals surface area contributed by atoms with E-state index in [9.17, 15) is 10.1 Å². The molecular weight excluding hydrogens is 344 g/mol. The topological polar surface area (TPSA) is 55.2 Å². The SMILES string of the molecule is Cc1c(NCc2ccc(Br)cc2Cl)cccc1[N+](=O)[O-]. The minimum atomic E-state index is -0.382. The van der Waals surface area contributed by atoms with Gasteiger partial charge >= 0.3 is 0 Å². The molecule has 2 rings (SSSR count). The molecule has 0 saturated carbocycles. The van der Waals surface area contributed by atoms with Crippen LogP contribution >= 0.6 is 27.5 Å². The highest BCUT2D eigenvalue weighted by Crippen LogP contribution is 2.27. The number of benzene rings is 2. The lowest BCUT2D eigenvalue weighted by Gasteiger charge is -2.11. The second-order valence-corrected chi connectivity index (χ2v) is 5.62. The van der Waals surface area contributed by atoms with Gasteiger partial charge in [0.05, 0.1) is 4.92 Å². The fourth-order valence-corrected chi connectivity index (χ4v) is 2.61. The molecule has 104 valence electrons. The first-order valence-corrected chi connectivity index (χ1v) is 7.08. The minimum Gasteiger partial charge on any atom is -0.380 e. The molecule has 0 aromatic heterocycles. The highest BCUT2D eigenvalue weighted by molar-refractivity contribution is 9.10. The number of hydrogen-bond donors (Lipinski definition) is 1. The molecule has 0 aliphatic heterocycles. The Morgan fingerprint density at radius 2 is 2.10 bits per heavy atom. The Morgan fingerprint density at radius 3 is 2.75 bits per heavy atom. The molecule has 0 radical (unpaired) electrons. The molecule has 4 nitrogen and oxygen atoms in total. The molecule has 0 bridgehead atoms. The molecule has 0 aliphatic rings. The van der Waals surface area contributed by atoms with Crippen molar-refractivity contribution in [2.75, 3.05) is 5.32 Å². The van der Waals surface area contributed by atoms with Crippen LogP contribution in [0.4, 0.5) is 11.4 Å². The third-order valence-electron chi connectivity index (χ3n) is 2.99. The zero-order valence-corrected chi connectivity index (χ0v) is 13.0. The minimum absolute atomic E-state index is 0.108. The van der Waals surface area contributed by atoms with E-state index in [-0.39, 0.29) is 10.6 Å². The van der Waals surface area contributed by atoms with Crippen LogP contribution in [0.3, 0.4) is 0 Å². The molecule has 0 amide bonds. The van der Waals surface area contributed by atoms with Gasteiger partial charge in [-0.25, -0.2) is 0 Å². The Morgan fingerprint density at radius 1 is 1.35 bits per heavy atom. The van der Waals surface area contributed by atoms with Crippen molar-refractivity contribution in [1.29, 1.82) is 0 Å². The molecule has 0 heterocycles. The van der Waals surface area contributed by atoms with E-state index in [4.69, 9.17) is 11.6 Å². The van der Waals surface area contributed by atoms with Crippen LogP contribution in [0, 0.1) is 17.0 Å². The summed E-state index contributed by atoms with van der Waals surface area (Å²) in [5, 5.41) is 14.7. The molecule has 0 atom stereocenters. The molecule has 0 saturated heterocycles. The summed E-state index contributed by atoms with van der Waals surface area (Å²) in [5.74, 6) is 0. The fourth-order valence-electron chi connectivity index (χ4n) is 1.87. The average Bonchev–Trinajstić information content (AvgIpc) is 2.39. The van der Waals surface area contributed by atoms with Crippen LogP contribution in [-0.2, 0) is 6.54 Å². The van der Waals surface area contributed by atoms with E-state index in [0.29, 0.717) is 17.1 Å². The quantitative estimate of drug-likeness (QED) is 0.625. The summed E-state index contributed by atoms with van der Waals surface area (Å²) in [4.78, 5) is 10.5. The third-order valence-corrected chi connectivity index (χ3v) is 3.83. The summed E-state index contributed by atoms with van der Waals surface area (Å²) in [7, 11) is 0. The van der Waals surface area contributed by atoms with Gasteiger partial charge in [-0.15, -0.1) is 0 Å². The normalized spacial score (nSPS) is 10.3. The number of rotatable bonds is 4. The lowest BCUT2D eigenvalue weighted by molar-refractivity contribution is -0.385. The Balaban J connectivity index is 2.19. The van der Waals surface area contributed by atoms with Crippen molar-refractivity contribution in [2.24, 2.45) is 0 Å². The zero-order chi connectivity index (χ0) is 14.7. The van der Waals surface area contributed by atoms with Crippen LogP contribution in [0.15, 0.2) is 40.9 Å². The largest absolute Gasteiger partial charge is 0.380 e. The number of nitro benzene ring substituents is 1. The molecule has 2 aromatic carbocycles. The third kappa shape index (κ3) is 3.29. The summed E-state index contributed by atoms with van der Waals surface area (Å²) in [6.07, 6.45) is 0. The monoisotopic (exact) mass is 354 g/mol. The van der Waals surface area contributed by atoms with Crippen molar-refractivity contribution in [1.82, 2.24) is 0 Å². The number of hydrogen-bond acceptors (Lipinski definition) is 3. The van der Waals surface area contributed by atoms with E-state index < -0.39 is 0 Å². The lowest BCUT2D eigenvalue weighted by atomic mass is 10.1. The average molecular weight is 356 g/mol. The summed E-state index contributed by atoms with van der Waals surface area (Å²) in [5.41, 5.74) is 2.39. The van der Waals surface area contributed by atoms with Gasteiger partial charge in [0, 0.05) is 33.4 Å². The molecule has 0 aliphatic carbocycles. The van der Waals surface area contributed by atoms with Crippen molar-refractivity contribution in [3.8, 4) is 0 Å². The zero-order valence-electron chi connectivity index (χ0n) is 10.7. The Labute approximate surface area is 130 Å². The predicted molar refractivity (Wildman–Crippen MR) is 84.3 cm³/mol. The number of anilines is 1. The maximum atomic E-state index is 10.9. The van der Waals surface area contributed by atoms with Crippen molar-refractivity contribution < 1.29 is 4.92 Å². The van der Waals surface area contributed by atoms with Gasteiger partial charge in [0.2, 0.25) is 0 Å². The number of nitrogens with one attached hydrogen (secondary N) is 1. The van der Waals surface area contributed by atoms with E-state index in [0.717, 1.165) is 15.7 Å². The van der Waals surface area contributed by atoms with E-state index in [1.807, 2.05) is 24.3 Å². The summed E-state index contributed by atoms with van der Waals surface area (Å²) in [6.45, 7) is 2.23. The first kappa shape index (κ1) is 14.8. The van der Waals surface area contributed by atoms with Gasteiger partial charge < -0.3 is 5.32 Å². The van der Waals surface area contributed by atoms with Crippen LogP contribution in [0.2, 0.25) is 5.02 Å². The second-order valence-electron chi connectivity index (χ2n) is 4.30. The molecule has 0 unspecified atom stereocenters. The van der Waals surface area contributed by atoms with Gasteiger partial charge in [0.1, 0.15) is 0 Å². The van der Waals surface area contributed by atoms with Gasteiger partial charge in [0.15, 0.2) is 0 Å². The fraction of sp³-hybridized carbons (Fsp3) is 0.143. The summed E-state index contributed by atoms with van der Waals surface area (Å²) >= 11 is 9.49. The maximum absolute atomic E-state index is 10.9. The van der Waals surface area contributed by atoms with E-state index >= 15 is 0 Å². The van der Waals surface area contributed by atoms with Crippen LogP contribution in [0.1, 0.15) is 11.1 Å². The molecule has 20 heavy (non-hydrogen) atoms. The van der Waals surface area contributed by atoms with E-state index in [2.05, 4.69) is 21.2 Å². The Bertz CT molecular complexity index is 662. The maximum Gasteiger partial charge on any atom is 0.274 e. The Kier molecular flexibility index (Phi) is 4.62. The van der Waals surface area contributed by atoms with Gasteiger partial charge in [-0.05, 0) is 30.7 Å². The van der Waals surface area contributed by atoms with E-state index in [1.165, 1.54) is 6.07 Å². The summed E-state index contributed by atoms with van der Waals surface area (Å²) < 4.78 is 0.915. The molecule has 1 N–H and O–H groups in total. The predicted octanol–water partition coefficient (Wildman–Crippen LogP) is 4.93. The van der Waals surface area contributed by atoms with Crippen LogP contribution in [0.25, 0.3) is 0 Å². The van der Waals surface area contributed by atoms with Crippen molar-refractivity contribution in [3.63, 3.8) is 0 Å². The second kappa shape index (κ2) is 6.24. The first-order chi connectivity index (χ1) is 9.49. The molecular formula is C14H12BrClN2O2. The standard InChI is InChI=1S/C14H12BrClN2O2/c1-9-13(3-2-4-14(9)18(19)20)17-8-10-5-6-11(15)7-12(10)16/h2-7,17H,8H2,1H3. The highest BCUT2D eigenvalue weighted by Gasteiger charge is 2.13. The van der Waals surface area contributed by atoms with Crippen LogP contribution in [-0.4, -0.2) is 4.92 Å². The Hall–Kier alpha value is -1.59. The van der Waals surface area contributed by atoms with Gasteiger partial charge in [0.25, 0.3) is 5.69 Å². The molecule has 0 fully saturated rings. The number of halogens is 2. The van der Waals surface area contributed by atoms with Gasteiger partial charge in [-0.3, -0.25) is 10.1 Å². The van der Waals surface area contributed by atoms with Crippen molar-refractivity contribution >= 4 is 38.9 Å². The number of nitrogens with zero attached hydrogens (tertiary/aromatic N) is 1. The van der Waals surface area contributed by atoms with Crippen LogP contribution < -0.4 is 5.32 Å². The summed E-state index contributed by atoms with van der Waals surface area (Å²) in [6, 6.07) is 10.6. The lowest BCUT2D eigenvalue weighted by Crippen LogP contribution is -2.03. The van der Waals surface area contributed by atoms with Crippen molar-refractivity contribution in [3.05, 3.63) is 67.1 Å². The van der Waals surface area contributed by atoms with Crippen molar-refractivity contribution in [2.45, 2.75) is 13.5 Å². The van der Waals surface area contributed by atoms with E-state index in [1.54, 1.807) is 13.0 Å². The smallest absolute Gasteiger partial charge is 0.274 e. The first-order valence-electron chi connectivity index (χ1n) is 5.91. The number of nitro groups is 1. The highest BCUT2D eigenvalue weighted by atomic mass is 79.9. The molecule has 2 aromatic rings. The van der Waals surface area contributed by atoms with Gasteiger partial charge in [-0.1, -0.05) is 39.7 Å². The van der Waals surface area contributed by atoms with Crippen LogP contribution in [0.5, 0.6) is 0 Å². The molecule has 0 spiro atoms. The van der Waals surface area contributed by atoms with Gasteiger partial charge in [-0.2, -0.15) is 0 Å².